The number of carbonyl (C=O) groups is 1. The van der Waals surface area contributed by atoms with Crippen molar-refractivity contribution in [2.75, 3.05) is 6.54 Å². The minimum Gasteiger partial charge on any atom is -0.415 e. The molecule has 1 aliphatic heterocycles. The quantitative estimate of drug-likeness (QED) is 0.782. The first kappa shape index (κ1) is 10.6. The van der Waals surface area contributed by atoms with Crippen molar-refractivity contribution in [3.8, 4) is 5.06 Å². The molecule has 0 spiro atoms. The zero-order valence-electron chi connectivity index (χ0n) is 9.00. The molecule has 0 aromatic carbocycles. The Labute approximate surface area is 93.4 Å². The van der Waals surface area contributed by atoms with Crippen LogP contribution in [-0.2, 0) is 17.8 Å². The molecule has 0 saturated carbocycles. The van der Waals surface area contributed by atoms with E-state index in [1.54, 1.807) is 11.3 Å². The number of thiophene rings is 1. The molecule has 0 radical (unpaired) electrons. The predicted molar refractivity (Wildman–Crippen MR) is 60.2 cm³/mol. The molecule has 15 heavy (non-hydrogen) atoms. The summed E-state index contributed by atoms with van der Waals surface area (Å²) in [6.07, 6.45) is 1.04. The van der Waals surface area contributed by atoms with Crippen molar-refractivity contribution in [2.24, 2.45) is 5.92 Å². The summed E-state index contributed by atoms with van der Waals surface area (Å²) in [4.78, 5) is 12.7. The number of rotatable bonds is 2. The second-order valence-electron chi connectivity index (χ2n) is 4.02. The van der Waals surface area contributed by atoms with Gasteiger partial charge in [-0.15, -0.1) is 11.3 Å². The van der Waals surface area contributed by atoms with Crippen LogP contribution in [-0.4, -0.2) is 12.5 Å². The molecule has 0 unspecified atom stereocenters. The van der Waals surface area contributed by atoms with E-state index in [2.05, 4.69) is 5.32 Å². The Kier molecular flexibility index (Phi) is 3.07. The zero-order chi connectivity index (χ0) is 10.8. The highest BCUT2D eigenvalue weighted by Gasteiger charge is 2.16. The first-order chi connectivity index (χ1) is 7.16. The van der Waals surface area contributed by atoms with E-state index >= 15 is 0 Å². The highest BCUT2D eigenvalue weighted by molar-refractivity contribution is 7.14. The van der Waals surface area contributed by atoms with Gasteiger partial charge in [0.1, 0.15) is 0 Å². The summed E-state index contributed by atoms with van der Waals surface area (Å²) in [7, 11) is 0. The highest BCUT2D eigenvalue weighted by Crippen LogP contribution is 2.31. The van der Waals surface area contributed by atoms with Crippen LogP contribution < -0.4 is 10.1 Å². The number of hydrogen-bond acceptors (Lipinski definition) is 4. The maximum atomic E-state index is 11.4. The molecule has 0 bridgehead atoms. The van der Waals surface area contributed by atoms with Crippen LogP contribution in [0.15, 0.2) is 6.07 Å². The third-order valence-corrected chi connectivity index (χ3v) is 3.51. The van der Waals surface area contributed by atoms with Gasteiger partial charge in [-0.05, 0) is 18.1 Å². The fourth-order valence-corrected chi connectivity index (χ4v) is 2.53. The average Bonchev–Trinajstić information content (AvgIpc) is 2.59. The first-order valence-corrected chi connectivity index (χ1v) is 6.02. The monoisotopic (exact) mass is 225 g/mol. The Balaban J connectivity index is 2.09. The molecule has 1 aromatic rings. The highest BCUT2D eigenvalue weighted by atomic mass is 32.1. The van der Waals surface area contributed by atoms with Gasteiger partial charge in [-0.2, -0.15) is 0 Å². The lowest BCUT2D eigenvalue weighted by Crippen LogP contribution is -2.21. The number of carbonyl (C=O) groups excluding carboxylic acids is 1. The normalized spacial score (nSPS) is 15.1. The second kappa shape index (κ2) is 4.33. The van der Waals surface area contributed by atoms with Crippen LogP contribution >= 0.6 is 11.3 Å². The molecule has 2 rings (SSSR count). The Morgan fingerprint density at radius 1 is 1.60 bits per heavy atom. The smallest absolute Gasteiger partial charge is 0.314 e. The Morgan fingerprint density at radius 2 is 2.40 bits per heavy atom. The third-order valence-electron chi connectivity index (χ3n) is 2.39. The van der Waals surface area contributed by atoms with Crippen molar-refractivity contribution in [1.82, 2.24) is 5.32 Å². The maximum Gasteiger partial charge on any atom is 0.314 e. The lowest BCUT2D eigenvalue weighted by atomic mass is 10.1. The second-order valence-corrected chi connectivity index (χ2v) is 5.12. The SMILES string of the molecule is CC(C)C(=O)Oc1cc2c(s1)CCNC2. The van der Waals surface area contributed by atoms with Crippen molar-refractivity contribution in [3.05, 3.63) is 16.5 Å². The molecule has 0 aliphatic carbocycles. The van der Waals surface area contributed by atoms with Crippen LogP contribution in [0.25, 0.3) is 0 Å². The zero-order valence-corrected chi connectivity index (χ0v) is 9.82. The van der Waals surface area contributed by atoms with Crippen LogP contribution in [0.5, 0.6) is 5.06 Å². The van der Waals surface area contributed by atoms with E-state index in [0.717, 1.165) is 24.6 Å². The van der Waals surface area contributed by atoms with Crippen molar-refractivity contribution in [3.63, 3.8) is 0 Å². The lowest BCUT2D eigenvalue weighted by Gasteiger charge is -2.10. The summed E-state index contributed by atoms with van der Waals surface area (Å²) in [5, 5.41) is 4.03. The van der Waals surface area contributed by atoms with Crippen molar-refractivity contribution in [1.29, 1.82) is 0 Å². The van der Waals surface area contributed by atoms with Crippen LogP contribution in [0.4, 0.5) is 0 Å². The van der Waals surface area contributed by atoms with Crippen LogP contribution in [0.2, 0.25) is 0 Å². The summed E-state index contributed by atoms with van der Waals surface area (Å²) < 4.78 is 5.28. The Bertz CT molecular complexity index is 347. The molecule has 0 saturated heterocycles. The molecule has 0 amide bonds. The topological polar surface area (TPSA) is 38.3 Å². The van der Waals surface area contributed by atoms with Gasteiger partial charge in [0.2, 0.25) is 0 Å². The minimum absolute atomic E-state index is 0.0674. The molecule has 0 fully saturated rings. The summed E-state index contributed by atoms with van der Waals surface area (Å²) in [5.74, 6) is -0.219. The van der Waals surface area contributed by atoms with E-state index in [9.17, 15) is 4.79 Å². The fourth-order valence-electron chi connectivity index (χ4n) is 1.49. The van der Waals surface area contributed by atoms with Gasteiger partial charge in [-0.3, -0.25) is 4.79 Å². The molecular weight excluding hydrogens is 210 g/mol. The number of nitrogens with one attached hydrogen (secondary N) is 1. The molecule has 2 heterocycles. The first-order valence-electron chi connectivity index (χ1n) is 5.21. The summed E-state index contributed by atoms with van der Waals surface area (Å²) >= 11 is 1.60. The van der Waals surface area contributed by atoms with E-state index in [1.807, 2.05) is 19.9 Å². The van der Waals surface area contributed by atoms with Gasteiger partial charge in [0.05, 0.1) is 5.92 Å². The van der Waals surface area contributed by atoms with Gasteiger partial charge < -0.3 is 10.1 Å². The third kappa shape index (κ3) is 2.38. The number of fused-ring (bicyclic) bond motifs is 1. The summed E-state index contributed by atoms with van der Waals surface area (Å²) in [6.45, 7) is 5.60. The number of hydrogen-bond donors (Lipinski definition) is 1. The van der Waals surface area contributed by atoms with Gasteiger partial charge in [-0.25, -0.2) is 0 Å². The molecule has 0 atom stereocenters. The van der Waals surface area contributed by atoms with E-state index in [0.29, 0.717) is 0 Å². The molecular formula is C11H15NO2S. The van der Waals surface area contributed by atoms with Crippen LogP contribution in [0.3, 0.4) is 0 Å². The van der Waals surface area contributed by atoms with E-state index in [-0.39, 0.29) is 11.9 Å². The van der Waals surface area contributed by atoms with Gasteiger partial charge in [0, 0.05) is 18.0 Å². The van der Waals surface area contributed by atoms with Crippen molar-refractivity contribution >= 4 is 17.3 Å². The van der Waals surface area contributed by atoms with Gasteiger partial charge in [0.15, 0.2) is 5.06 Å². The van der Waals surface area contributed by atoms with E-state index in [1.165, 1.54) is 10.4 Å². The number of ether oxygens (including phenoxy) is 1. The molecule has 82 valence electrons. The van der Waals surface area contributed by atoms with Gasteiger partial charge >= 0.3 is 5.97 Å². The largest absolute Gasteiger partial charge is 0.415 e. The molecule has 3 nitrogen and oxygen atoms in total. The van der Waals surface area contributed by atoms with E-state index in [4.69, 9.17) is 4.74 Å². The van der Waals surface area contributed by atoms with E-state index < -0.39 is 0 Å². The van der Waals surface area contributed by atoms with Crippen LogP contribution in [0.1, 0.15) is 24.3 Å². The Morgan fingerprint density at radius 3 is 3.07 bits per heavy atom. The molecule has 1 aromatic heterocycles. The fraction of sp³-hybridized carbons (Fsp3) is 0.545. The average molecular weight is 225 g/mol. The lowest BCUT2D eigenvalue weighted by molar-refractivity contribution is -0.137. The van der Waals surface area contributed by atoms with Crippen molar-refractivity contribution < 1.29 is 9.53 Å². The van der Waals surface area contributed by atoms with Gasteiger partial charge in [-0.1, -0.05) is 13.8 Å². The predicted octanol–water partition coefficient (Wildman–Crippen LogP) is 1.96. The molecule has 1 N–H and O–H groups in total. The molecule has 1 aliphatic rings. The molecule has 4 heteroatoms. The van der Waals surface area contributed by atoms with Crippen LogP contribution in [0, 0.1) is 5.92 Å². The summed E-state index contributed by atoms with van der Waals surface area (Å²) in [5.41, 5.74) is 1.28. The maximum absolute atomic E-state index is 11.4. The standard InChI is InChI=1S/C11H15NO2S/c1-7(2)11(13)14-10-5-8-6-12-4-3-9(8)15-10/h5,7,12H,3-4,6H2,1-2H3. The minimum atomic E-state index is -0.151. The summed E-state index contributed by atoms with van der Waals surface area (Å²) in [6, 6.07) is 1.98. The van der Waals surface area contributed by atoms with Gasteiger partial charge in [0.25, 0.3) is 0 Å². The van der Waals surface area contributed by atoms with Crippen molar-refractivity contribution in [2.45, 2.75) is 26.8 Å². The Hall–Kier alpha value is -0.870. The number of esters is 1.